The van der Waals surface area contributed by atoms with Crippen LogP contribution in [0.4, 0.5) is 8.78 Å². The van der Waals surface area contributed by atoms with E-state index in [9.17, 15) is 8.78 Å². The summed E-state index contributed by atoms with van der Waals surface area (Å²) in [6.07, 6.45) is 1.99. The molecule has 1 saturated carbocycles. The topological polar surface area (TPSA) is 9.23 Å². The lowest BCUT2D eigenvalue weighted by Crippen LogP contribution is -2.33. The van der Waals surface area contributed by atoms with E-state index in [0.29, 0.717) is 16.8 Å². The van der Waals surface area contributed by atoms with Gasteiger partial charge in [-0.1, -0.05) is 30.3 Å². The molecule has 0 unspecified atom stereocenters. The van der Waals surface area contributed by atoms with Crippen molar-refractivity contribution in [3.63, 3.8) is 0 Å². The molecule has 2 aromatic carbocycles. The molecule has 0 spiro atoms. The second kappa shape index (κ2) is 6.58. The predicted octanol–water partition coefficient (Wildman–Crippen LogP) is 4.80. The van der Waals surface area contributed by atoms with Gasteiger partial charge in [0, 0.05) is 10.1 Å². The Balaban J connectivity index is 1.45. The van der Waals surface area contributed by atoms with Crippen LogP contribution < -0.4 is 0 Å². The maximum absolute atomic E-state index is 13.5. The maximum atomic E-state index is 13.5. The first-order chi connectivity index (χ1) is 10.2. The fourth-order valence-electron chi connectivity index (χ4n) is 2.29. The van der Waals surface area contributed by atoms with E-state index in [2.05, 4.69) is 0 Å². The molecule has 1 fully saturated rings. The van der Waals surface area contributed by atoms with Gasteiger partial charge in [-0.2, -0.15) is 0 Å². The molecule has 1 nitrogen and oxygen atoms in total. The van der Waals surface area contributed by atoms with Crippen LogP contribution in [0.3, 0.4) is 0 Å². The number of ether oxygens (including phenoxy) is 1. The normalized spacial score (nSPS) is 21.0. The smallest absolute Gasteiger partial charge is 0.136 e. The summed E-state index contributed by atoms with van der Waals surface area (Å²) in [5, 5.41) is 0.307. The predicted molar refractivity (Wildman–Crippen MR) is 80.3 cm³/mol. The molecule has 21 heavy (non-hydrogen) atoms. The third-order valence-corrected chi connectivity index (χ3v) is 4.85. The molecule has 0 N–H and O–H groups in total. The zero-order valence-corrected chi connectivity index (χ0v) is 12.3. The summed E-state index contributed by atoms with van der Waals surface area (Å²) in [4.78, 5) is 0.390. The van der Waals surface area contributed by atoms with Crippen LogP contribution in [0.2, 0.25) is 0 Å². The molecule has 2 aromatic rings. The van der Waals surface area contributed by atoms with Crippen LogP contribution >= 0.6 is 11.8 Å². The zero-order valence-electron chi connectivity index (χ0n) is 11.5. The molecule has 0 amide bonds. The van der Waals surface area contributed by atoms with Crippen molar-refractivity contribution in [2.75, 3.05) is 0 Å². The van der Waals surface area contributed by atoms with Crippen LogP contribution in [0.5, 0.6) is 0 Å². The van der Waals surface area contributed by atoms with Gasteiger partial charge in [0.05, 0.1) is 12.7 Å². The lowest BCUT2D eigenvalue weighted by atomic mass is 9.95. The lowest BCUT2D eigenvalue weighted by Gasteiger charge is -2.34. The molecular formula is C17H16F2OS. The summed E-state index contributed by atoms with van der Waals surface area (Å²) in [6, 6.07) is 13.6. The molecule has 1 aliphatic rings. The van der Waals surface area contributed by atoms with Gasteiger partial charge in [-0.3, -0.25) is 0 Å². The van der Waals surface area contributed by atoms with Crippen LogP contribution in [0.1, 0.15) is 18.4 Å². The molecule has 0 atom stereocenters. The highest BCUT2D eigenvalue weighted by Gasteiger charge is 2.31. The molecule has 110 valence electrons. The molecule has 1 aliphatic carbocycles. The Morgan fingerprint density at radius 1 is 1.05 bits per heavy atom. The van der Waals surface area contributed by atoms with Gasteiger partial charge >= 0.3 is 0 Å². The van der Waals surface area contributed by atoms with E-state index in [0.717, 1.165) is 24.5 Å². The monoisotopic (exact) mass is 306 g/mol. The number of hydrogen-bond donors (Lipinski definition) is 0. The van der Waals surface area contributed by atoms with Crippen LogP contribution in [0, 0.1) is 11.6 Å². The van der Waals surface area contributed by atoms with Gasteiger partial charge in [-0.15, -0.1) is 11.8 Å². The van der Waals surface area contributed by atoms with E-state index in [1.54, 1.807) is 0 Å². The van der Waals surface area contributed by atoms with E-state index in [-0.39, 0.29) is 11.9 Å². The molecule has 0 aromatic heterocycles. The van der Waals surface area contributed by atoms with Crippen molar-refractivity contribution in [3.05, 3.63) is 65.7 Å². The van der Waals surface area contributed by atoms with Crippen molar-refractivity contribution < 1.29 is 13.5 Å². The molecule has 0 bridgehead atoms. The minimum Gasteiger partial charge on any atom is -0.373 e. The van der Waals surface area contributed by atoms with E-state index in [4.69, 9.17) is 4.74 Å². The average Bonchev–Trinajstić information content (AvgIpc) is 2.46. The first kappa shape index (κ1) is 14.5. The van der Waals surface area contributed by atoms with E-state index in [1.807, 2.05) is 30.3 Å². The largest absolute Gasteiger partial charge is 0.373 e. The van der Waals surface area contributed by atoms with Gasteiger partial charge in [0.25, 0.3) is 0 Å². The van der Waals surface area contributed by atoms with Gasteiger partial charge in [-0.25, -0.2) is 8.78 Å². The Morgan fingerprint density at radius 3 is 2.57 bits per heavy atom. The molecule has 0 heterocycles. The molecule has 4 heteroatoms. The Kier molecular flexibility index (Phi) is 4.56. The fourth-order valence-corrected chi connectivity index (χ4v) is 3.63. The third kappa shape index (κ3) is 3.83. The van der Waals surface area contributed by atoms with Crippen molar-refractivity contribution in [2.24, 2.45) is 0 Å². The van der Waals surface area contributed by atoms with Crippen molar-refractivity contribution >= 4 is 11.8 Å². The highest BCUT2D eigenvalue weighted by Crippen LogP contribution is 2.39. The summed E-state index contributed by atoms with van der Waals surface area (Å²) < 4.78 is 32.4. The van der Waals surface area contributed by atoms with Crippen molar-refractivity contribution in [2.45, 2.75) is 35.7 Å². The Morgan fingerprint density at radius 2 is 1.81 bits per heavy atom. The van der Waals surface area contributed by atoms with Gasteiger partial charge in [-0.05, 0) is 36.6 Å². The van der Waals surface area contributed by atoms with Crippen LogP contribution in [0.15, 0.2) is 53.4 Å². The number of halogens is 2. The summed E-state index contributed by atoms with van der Waals surface area (Å²) >= 11 is 1.40. The first-order valence-corrected chi connectivity index (χ1v) is 7.86. The standard InChI is InChI=1S/C17H16F2OS/c18-13-6-7-16(19)17(8-13)21-15-9-14(10-15)20-11-12-4-2-1-3-5-12/h1-8,14-15H,9-11H2. The molecular weight excluding hydrogens is 290 g/mol. The summed E-state index contributed by atoms with van der Waals surface area (Å²) in [7, 11) is 0. The summed E-state index contributed by atoms with van der Waals surface area (Å²) in [6.45, 7) is 0.608. The number of hydrogen-bond acceptors (Lipinski definition) is 2. The van der Waals surface area contributed by atoms with E-state index < -0.39 is 5.82 Å². The van der Waals surface area contributed by atoms with Gasteiger partial charge in [0.15, 0.2) is 0 Å². The average molecular weight is 306 g/mol. The SMILES string of the molecule is Fc1ccc(F)c(SC2CC(OCc3ccccc3)C2)c1. The number of rotatable bonds is 5. The summed E-state index contributed by atoms with van der Waals surface area (Å²) in [5.74, 6) is -0.745. The van der Waals surface area contributed by atoms with Crippen molar-refractivity contribution in [1.82, 2.24) is 0 Å². The van der Waals surface area contributed by atoms with Gasteiger partial charge in [0.2, 0.25) is 0 Å². The third-order valence-electron chi connectivity index (χ3n) is 3.57. The minimum atomic E-state index is -0.393. The molecule has 0 saturated heterocycles. The highest BCUT2D eigenvalue weighted by molar-refractivity contribution is 8.00. The minimum absolute atomic E-state index is 0.222. The Bertz CT molecular complexity index is 597. The quantitative estimate of drug-likeness (QED) is 0.784. The molecule has 0 aliphatic heterocycles. The second-order valence-corrected chi connectivity index (χ2v) is 6.55. The molecule has 0 radical (unpaired) electrons. The molecule has 3 rings (SSSR count). The van der Waals surface area contributed by atoms with E-state index >= 15 is 0 Å². The second-order valence-electron chi connectivity index (χ2n) is 5.20. The van der Waals surface area contributed by atoms with Crippen molar-refractivity contribution in [1.29, 1.82) is 0 Å². The van der Waals surface area contributed by atoms with Crippen LogP contribution in [0.25, 0.3) is 0 Å². The summed E-state index contributed by atoms with van der Waals surface area (Å²) in [5.41, 5.74) is 1.16. The zero-order chi connectivity index (χ0) is 14.7. The Labute approximate surface area is 127 Å². The first-order valence-electron chi connectivity index (χ1n) is 6.98. The van der Waals surface area contributed by atoms with Crippen molar-refractivity contribution in [3.8, 4) is 0 Å². The number of thioether (sulfide) groups is 1. The fraction of sp³-hybridized carbons (Fsp3) is 0.294. The van der Waals surface area contributed by atoms with Gasteiger partial charge < -0.3 is 4.74 Å². The van der Waals surface area contributed by atoms with E-state index in [1.165, 1.54) is 23.9 Å². The van der Waals surface area contributed by atoms with Crippen LogP contribution in [-0.2, 0) is 11.3 Å². The van der Waals surface area contributed by atoms with Crippen LogP contribution in [-0.4, -0.2) is 11.4 Å². The van der Waals surface area contributed by atoms with Gasteiger partial charge in [0.1, 0.15) is 11.6 Å². The highest BCUT2D eigenvalue weighted by atomic mass is 32.2. The lowest BCUT2D eigenvalue weighted by molar-refractivity contribution is -0.00501. The Hall–Kier alpha value is -1.39. The number of benzene rings is 2. The maximum Gasteiger partial charge on any atom is 0.136 e.